The lowest BCUT2D eigenvalue weighted by molar-refractivity contribution is 0.114. The second-order valence-electron chi connectivity index (χ2n) is 8.19. The molecule has 0 aliphatic carbocycles. The molecule has 2 bridgehead atoms. The van der Waals surface area contributed by atoms with Crippen LogP contribution in [0.5, 0.6) is 0 Å². The summed E-state index contributed by atoms with van der Waals surface area (Å²) in [5, 5.41) is 1.18. The molecular weight excluding hydrogens is 384 g/mol. The van der Waals surface area contributed by atoms with Crippen molar-refractivity contribution >= 4 is 17.2 Å². The number of aryl methyl sites for hydroxylation is 2. The fourth-order valence-electron chi connectivity index (χ4n) is 4.66. The zero-order valence-electron chi connectivity index (χ0n) is 16.6. The van der Waals surface area contributed by atoms with Gasteiger partial charge in [0.05, 0.1) is 17.9 Å². The number of pyridine rings is 1. The quantitative estimate of drug-likeness (QED) is 0.716. The number of hydrogen-bond acceptors (Lipinski definition) is 7. The Balaban J connectivity index is 1.45. The van der Waals surface area contributed by atoms with Gasteiger partial charge in [0.25, 0.3) is 5.56 Å². The molecule has 5 heterocycles. The Morgan fingerprint density at radius 1 is 1.17 bits per heavy atom. The van der Waals surface area contributed by atoms with Crippen LogP contribution in [0.3, 0.4) is 0 Å². The Morgan fingerprint density at radius 3 is 2.79 bits per heavy atom. The van der Waals surface area contributed by atoms with E-state index < -0.39 is 0 Å². The van der Waals surface area contributed by atoms with Crippen molar-refractivity contribution in [3.63, 3.8) is 0 Å². The van der Waals surface area contributed by atoms with Crippen molar-refractivity contribution in [2.24, 2.45) is 5.92 Å². The van der Waals surface area contributed by atoms with Gasteiger partial charge in [-0.3, -0.25) is 9.69 Å². The van der Waals surface area contributed by atoms with Crippen molar-refractivity contribution in [3.05, 3.63) is 56.2 Å². The molecule has 0 unspecified atom stereocenters. The number of hydrogen-bond donors (Lipinski definition) is 1. The second kappa shape index (κ2) is 7.03. The van der Waals surface area contributed by atoms with Crippen LogP contribution in [0.4, 0.5) is 5.82 Å². The van der Waals surface area contributed by atoms with Crippen molar-refractivity contribution in [2.75, 3.05) is 18.8 Å². The number of fused-ring (bicyclic) bond motifs is 4. The third kappa shape index (κ3) is 3.47. The van der Waals surface area contributed by atoms with Gasteiger partial charge >= 0.3 is 0 Å². The largest absolute Gasteiger partial charge is 0.384 e. The van der Waals surface area contributed by atoms with Crippen LogP contribution in [0, 0.1) is 19.8 Å². The maximum Gasteiger partial charge on any atom is 0.251 e. The number of piperidine rings is 1. The molecule has 1 fully saturated rings. The van der Waals surface area contributed by atoms with Crippen molar-refractivity contribution in [1.82, 2.24) is 24.4 Å². The SMILES string of the molecule is Cc1nc(CN2C[C@@H]3C[C@H](C2)c2cc(-c4cc(N)ncn4)cc(=O)n2C3)sc1C. The summed E-state index contributed by atoms with van der Waals surface area (Å²) >= 11 is 1.79. The fraction of sp³-hybridized carbons (Fsp3) is 0.429. The molecule has 3 aromatic heterocycles. The second-order valence-corrected chi connectivity index (χ2v) is 9.48. The monoisotopic (exact) mass is 408 g/mol. The minimum absolute atomic E-state index is 0.0454. The third-order valence-electron chi connectivity index (χ3n) is 6.05. The van der Waals surface area contributed by atoms with E-state index in [4.69, 9.17) is 10.7 Å². The minimum Gasteiger partial charge on any atom is -0.384 e. The van der Waals surface area contributed by atoms with E-state index in [9.17, 15) is 4.79 Å². The summed E-state index contributed by atoms with van der Waals surface area (Å²) in [6, 6.07) is 5.51. The molecule has 1 saturated heterocycles. The van der Waals surface area contributed by atoms with Gasteiger partial charge in [0.1, 0.15) is 17.2 Å². The van der Waals surface area contributed by atoms with E-state index in [-0.39, 0.29) is 5.56 Å². The van der Waals surface area contributed by atoms with E-state index in [1.807, 2.05) is 4.57 Å². The molecule has 0 amide bonds. The Labute approximate surface area is 173 Å². The lowest BCUT2D eigenvalue weighted by Crippen LogP contribution is -2.46. The number of thiazole rings is 1. The van der Waals surface area contributed by atoms with Crippen LogP contribution in [0.25, 0.3) is 11.3 Å². The third-order valence-corrected chi connectivity index (χ3v) is 7.11. The number of likely N-dealkylation sites (tertiary alicyclic amines) is 1. The molecule has 3 aromatic rings. The molecule has 150 valence electrons. The van der Waals surface area contributed by atoms with Crippen molar-refractivity contribution < 1.29 is 0 Å². The van der Waals surface area contributed by atoms with Gasteiger partial charge in [-0.25, -0.2) is 15.0 Å². The Kier molecular flexibility index (Phi) is 4.48. The van der Waals surface area contributed by atoms with E-state index in [0.717, 1.165) is 49.6 Å². The van der Waals surface area contributed by atoms with Crippen LogP contribution >= 0.6 is 11.3 Å². The molecule has 2 atom stereocenters. The lowest BCUT2D eigenvalue weighted by Gasteiger charge is -2.42. The van der Waals surface area contributed by atoms with E-state index in [2.05, 4.69) is 34.8 Å². The van der Waals surface area contributed by atoms with E-state index >= 15 is 0 Å². The number of rotatable bonds is 3. The molecule has 29 heavy (non-hydrogen) atoms. The van der Waals surface area contributed by atoms with E-state index in [0.29, 0.717) is 23.3 Å². The van der Waals surface area contributed by atoms with Crippen molar-refractivity contribution in [2.45, 2.75) is 39.3 Å². The highest BCUT2D eigenvalue weighted by atomic mass is 32.1. The number of aromatic nitrogens is 4. The summed E-state index contributed by atoms with van der Waals surface area (Å²) in [5.41, 5.74) is 9.61. The maximum atomic E-state index is 12.9. The summed E-state index contributed by atoms with van der Waals surface area (Å²) in [4.78, 5) is 29.6. The topological polar surface area (TPSA) is 89.9 Å². The number of nitrogen functional groups attached to an aromatic ring is 1. The molecule has 8 heteroatoms. The van der Waals surface area contributed by atoms with Crippen LogP contribution in [0.15, 0.2) is 29.3 Å². The van der Waals surface area contributed by atoms with Gasteiger partial charge < -0.3 is 10.3 Å². The van der Waals surface area contributed by atoms with Crippen LogP contribution in [0.2, 0.25) is 0 Å². The standard InChI is InChI=1S/C21H24N6OS/c1-12-13(2)29-20(25-12)10-26-7-14-3-16(9-26)18-4-15(5-21(28)27(18)8-14)17-6-19(22)24-11-23-17/h4-6,11,14,16H,3,7-10H2,1-2H3,(H2,22,23,24)/t14-,16+/m0/s1. The predicted octanol–water partition coefficient (Wildman–Crippen LogP) is 2.58. The van der Waals surface area contributed by atoms with Gasteiger partial charge in [-0.05, 0) is 32.3 Å². The van der Waals surface area contributed by atoms with Gasteiger partial charge in [-0.15, -0.1) is 11.3 Å². The summed E-state index contributed by atoms with van der Waals surface area (Å²) in [6.07, 6.45) is 2.57. The molecule has 2 aliphatic rings. The molecule has 0 saturated carbocycles. The zero-order valence-corrected chi connectivity index (χ0v) is 17.4. The van der Waals surface area contributed by atoms with Gasteiger partial charge in [0.15, 0.2) is 0 Å². The normalized spacial score (nSPS) is 21.2. The van der Waals surface area contributed by atoms with Crippen LogP contribution < -0.4 is 11.3 Å². The summed E-state index contributed by atoms with van der Waals surface area (Å²) < 4.78 is 1.96. The average Bonchev–Trinajstić information content (AvgIpc) is 2.99. The lowest BCUT2D eigenvalue weighted by atomic mass is 9.82. The highest BCUT2D eigenvalue weighted by Gasteiger charge is 2.35. The smallest absolute Gasteiger partial charge is 0.251 e. The first-order valence-electron chi connectivity index (χ1n) is 9.94. The number of nitrogens with two attached hydrogens (primary N) is 1. The van der Waals surface area contributed by atoms with Gasteiger partial charge in [-0.2, -0.15) is 0 Å². The Bertz CT molecular complexity index is 1120. The zero-order chi connectivity index (χ0) is 20.1. The number of anilines is 1. The summed E-state index contributed by atoms with van der Waals surface area (Å²) in [5.74, 6) is 1.25. The van der Waals surface area contributed by atoms with Gasteiger partial charge in [0.2, 0.25) is 0 Å². The first-order chi connectivity index (χ1) is 14.0. The summed E-state index contributed by atoms with van der Waals surface area (Å²) in [7, 11) is 0. The molecular formula is C21H24N6OS. The molecule has 0 spiro atoms. The van der Waals surface area contributed by atoms with Crippen molar-refractivity contribution in [3.8, 4) is 11.3 Å². The Hall–Kier alpha value is -2.58. The van der Waals surface area contributed by atoms with E-state index in [1.165, 1.54) is 16.2 Å². The summed E-state index contributed by atoms with van der Waals surface area (Å²) in [6.45, 7) is 7.84. The van der Waals surface area contributed by atoms with E-state index in [1.54, 1.807) is 23.5 Å². The predicted molar refractivity (Wildman–Crippen MR) is 114 cm³/mol. The maximum absolute atomic E-state index is 12.9. The molecule has 2 aliphatic heterocycles. The highest BCUT2D eigenvalue weighted by Crippen LogP contribution is 2.37. The minimum atomic E-state index is 0.0454. The fourth-order valence-corrected chi connectivity index (χ4v) is 5.64. The van der Waals surface area contributed by atoms with Crippen molar-refractivity contribution in [1.29, 1.82) is 0 Å². The van der Waals surface area contributed by atoms with Crippen LogP contribution in [-0.4, -0.2) is 37.5 Å². The molecule has 7 nitrogen and oxygen atoms in total. The van der Waals surface area contributed by atoms with Gasteiger partial charge in [-0.1, -0.05) is 0 Å². The average molecular weight is 409 g/mol. The number of nitrogens with zero attached hydrogens (tertiary/aromatic N) is 5. The van der Waals surface area contributed by atoms with Gasteiger partial charge in [0, 0.05) is 53.8 Å². The highest BCUT2D eigenvalue weighted by molar-refractivity contribution is 7.11. The van der Waals surface area contributed by atoms with Crippen LogP contribution in [-0.2, 0) is 13.1 Å². The molecule has 0 aromatic carbocycles. The molecule has 2 N–H and O–H groups in total. The molecule has 5 rings (SSSR count). The van der Waals surface area contributed by atoms with Crippen LogP contribution in [0.1, 0.15) is 33.6 Å². The molecule has 0 radical (unpaired) electrons. The Morgan fingerprint density at radius 2 is 2.03 bits per heavy atom. The first kappa shape index (κ1) is 18.4. The first-order valence-corrected chi connectivity index (χ1v) is 10.8.